The first-order valence-corrected chi connectivity index (χ1v) is 12.4. The summed E-state index contributed by atoms with van der Waals surface area (Å²) in [6.45, 7) is 4.17. The summed E-state index contributed by atoms with van der Waals surface area (Å²) >= 11 is 7.93. The summed E-state index contributed by atoms with van der Waals surface area (Å²) in [6.07, 6.45) is 2.31. The predicted molar refractivity (Wildman–Crippen MR) is 135 cm³/mol. The Hall–Kier alpha value is -2.65. The zero-order chi connectivity index (χ0) is 24.1. The Morgan fingerprint density at radius 2 is 1.88 bits per heavy atom. The van der Waals surface area contributed by atoms with Crippen molar-refractivity contribution in [1.82, 2.24) is 9.97 Å². The third-order valence-corrected chi connectivity index (χ3v) is 6.45. The van der Waals surface area contributed by atoms with Gasteiger partial charge in [0.1, 0.15) is 5.82 Å². The van der Waals surface area contributed by atoms with Gasteiger partial charge in [-0.05, 0) is 38.0 Å². The van der Waals surface area contributed by atoms with Crippen LogP contribution in [0.15, 0.2) is 66.0 Å². The van der Waals surface area contributed by atoms with Crippen molar-refractivity contribution < 1.29 is 14.6 Å². The van der Waals surface area contributed by atoms with Gasteiger partial charge in [0.05, 0.1) is 23.9 Å². The number of aliphatic hydroxyl groups is 1. The zero-order valence-corrected chi connectivity index (χ0v) is 20.7. The lowest BCUT2D eigenvalue weighted by atomic mass is 10.2. The summed E-state index contributed by atoms with van der Waals surface area (Å²) in [4.78, 5) is 26.1. The maximum absolute atomic E-state index is 13.6. The van der Waals surface area contributed by atoms with Crippen molar-refractivity contribution in [2.45, 2.75) is 43.5 Å². The fourth-order valence-corrected chi connectivity index (χ4v) is 4.60. The van der Waals surface area contributed by atoms with Crippen LogP contribution in [0.5, 0.6) is 0 Å². The van der Waals surface area contributed by atoms with Crippen molar-refractivity contribution in [3.05, 3.63) is 76.9 Å². The van der Waals surface area contributed by atoms with Crippen LogP contribution in [0.25, 0.3) is 0 Å². The Balaban J connectivity index is 1.58. The van der Waals surface area contributed by atoms with Gasteiger partial charge < -0.3 is 9.84 Å². The van der Waals surface area contributed by atoms with E-state index in [0.29, 0.717) is 47.8 Å². The molecule has 0 bridgehead atoms. The molecule has 1 N–H and O–H groups in total. The van der Waals surface area contributed by atoms with E-state index < -0.39 is 5.79 Å². The van der Waals surface area contributed by atoms with Crippen molar-refractivity contribution in [3.63, 3.8) is 0 Å². The van der Waals surface area contributed by atoms with Gasteiger partial charge in [-0.2, -0.15) is 0 Å². The van der Waals surface area contributed by atoms with Gasteiger partial charge in [0.2, 0.25) is 0 Å². The third-order valence-electron chi connectivity index (χ3n) is 5.20. The fourth-order valence-electron chi connectivity index (χ4n) is 3.60. The minimum absolute atomic E-state index is 0.207. The molecule has 2 aromatic carbocycles. The van der Waals surface area contributed by atoms with E-state index in [1.54, 1.807) is 35.9 Å². The van der Waals surface area contributed by atoms with Gasteiger partial charge in [-0.25, -0.2) is 14.8 Å². The average molecular weight is 499 g/mol. The SMILES string of the molecule is CC(C)(O)OCCCN1C(=O)N(c2ccccc2Cl)Cc2cnc(SCc3ccccc3)nc21. The topological polar surface area (TPSA) is 78.8 Å². The highest BCUT2D eigenvalue weighted by Crippen LogP contribution is 2.35. The van der Waals surface area contributed by atoms with E-state index in [0.717, 1.165) is 11.3 Å². The Kier molecular flexibility index (Phi) is 7.73. The second-order valence-corrected chi connectivity index (χ2v) is 9.75. The number of amides is 2. The molecular weight excluding hydrogens is 472 g/mol. The van der Waals surface area contributed by atoms with Gasteiger partial charge in [-0.15, -0.1) is 0 Å². The predicted octanol–water partition coefficient (Wildman–Crippen LogP) is 5.50. The summed E-state index contributed by atoms with van der Waals surface area (Å²) in [5.41, 5.74) is 2.66. The molecule has 0 aliphatic carbocycles. The molecule has 178 valence electrons. The first-order valence-electron chi connectivity index (χ1n) is 11.0. The van der Waals surface area contributed by atoms with Crippen molar-refractivity contribution in [3.8, 4) is 0 Å². The number of aromatic nitrogens is 2. The Morgan fingerprint density at radius 1 is 1.15 bits per heavy atom. The van der Waals surface area contributed by atoms with Crippen molar-refractivity contribution in [1.29, 1.82) is 0 Å². The molecule has 1 aromatic heterocycles. The van der Waals surface area contributed by atoms with Gasteiger partial charge in [0, 0.05) is 24.1 Å². The van der Waals surface area contributed by atoms with E-state index in [9.17, 15) is 9.90 Å². The molecule has 0 atom stereocenters. The summed E-state index contributed by atoms with van der Waals surface area (Å²) in [7, 11) is 0. The Labute approximate surface area is 208 Å². The second kappa shape index (κ2) is 10.7. The molecule has 4 rings (SSSR count). The highest BCUT2D eigenvalue weighted by atomic mass is 35.5. The van der Waals surface area contributed by atoms with E-state index >= 15 is 0 Å². The largest absolute Gasteiger partial charge is 0.366 e. The second-order valence-electron chi connectivity index (χ2n) is 8.40. The van der Waals surface area contributed by atoms with Crippen molar-refractivity contribution >= 4 is 40.9 Å². The van der Waals surface area contributed by atoms with Crippen LogP contribution in [0.3, 0.4) is 0 Å². The first kappa shape index (κ1) is 24.5. The number of carbonyl (C=O) groups excluding carboxylic acids is 1. The number of ether oxygens (including phenoxy) is 1. The molecular formula is C25H27ClN4O3S. The average Bonchev–Trinajstić information content (AvgIpc) is 2.82. The van der Waals surface area contributed by atoms with Gasteiger partial charge in [-0.1, -0.05) is 65.8 Å². The number of benzene rings is 2. The Bertz CT molecular complexity index is 1140. The molecule has 0 saturated heterocycles. The van der Waals surface area contributed by atoms with Gasteiger partial charge in [0.15, 0.2) is 10.9 Å². The molecule has 9 heteroatoms. The van der Waals surface area contributed by atoms with Crippen molar-refractivity contribution in [2.75, 3.05) is 23.0 Å². The molecule has 0 fully saturated rings. The maximum Gasteiger partial charge on any atom is 0.330 e. The monoisotopic (exact) mass is 498 g/mol. The summed E-state index contributed by atoms with van der Waals surface area (Å²) in [6, 6.07) is 17.2. The van der Waals surface area contributed by atoms with Crippen LogP contribution < -0.4 is 9.80 Å². The molecule has 0 spiro atoms. The number of thioether (sulfide) groups is 1. The number of anilines is 2. The van der Waals surface area contributed by atoms with Crippen LogP contribution in [-0.2, 0) is 17.0 Å². The van der Waals surface area contributed by atoms with Crippen LogP contribution >= 0.6 is 23.4 Å². The number of rotatable bonds is 9. The number of carbonyl (C=O) groups is 1. The number of fused-ring (bicyclic) bond motifs is 1. The lowest BCUT2D eigenvalue weighted by molar-refractivity contribution is -0.175. The van der Waals surface area contributed by atoms with Crippen LogP contribution in [0.2, 0.25) is 5.02 Å². The lowest BCUT2D eigenvalue weighted by Crippen LogP contribution is -2.48. The number of halogens is 1. The third kappa shape index (κ3) is 6.07. The van der Waals surface area contributed by atoms with Crippen molar-refractivity contribution in [2.24, 2.45) is 0 Å². The zero-order valence-electron chi connectivity index (χ0n) is 19.1. The number of hydrogen-bond acceptors (Lipinski definition) is 6. The quantitative estimate of drug-likeness (QED) is 0.181. The molecule has 1 aliphatic rings. The normalized spacial score (nSPS) is 13.8. The molecule has 0 unspecified atom stereocenters. The van der Waals surface area contributed by atoms with Crippen LogP contribution in [0, 0.1) is 0 Å². The van der Waals surface area contributed by atoms with Gasteiger partial charge >= 0.3 is 6.03 Å². The van der Waals surface area contributed by atoms with E-state index in [1.165, 1.54) is 17.3 Å². The maximum atomic E-state index is 13.6. The van der Waals surface area contributed by atoms with Gasteiger partial charge in [0.25, 0.3) is 0 Å². The first-order chi connectivity index (χ1) is 16.3. The fraction of sp³-hybridized carbons (Fsp3) is 0.320. The highest BCUT2D eigenvalue weighted by molar-refractivity contribution is 7.98. The minimum Gasteiger partial charge on any atom is -0.366 e. The number of hydrogen-bond donors (Lipinski definition) is 1. The highest BCUT2D eigenvalue weighted by Gasteiger charge is 2.33. The van der Waals surface area contributed by atoms with Crippen LogP contribution in [0.1, 0.15) is 31.4 Å². The molecule has 7 nitrogen and oxygen atoms in total. The lowest BCUT2D eigenvalue weighted by Gasteiger charge is -2.36. The summed E-state index contributed by atoms with van der Waals surface area (Å²) < 4.78 is 5.43. The molecule has 2 amide bonds. The molecule has 0 saturated carbocycles. The van der Waals surface area contributed by atoms with E-state index in [-0.39, 0.29) is 6.03 Å². The number of urea groups is 1. The van der Waals surface area contributed by atoms with Crippen LogP contribution in [-0.4, -0.2) is 40.0 Å². The standard InChI is InChI=1S/C25H27ClN4O3S/c1-25(2,32)33-14-8-13-29-22-19(16-30(24(29)31)21-12-7-6-11-20(21)26)15-27-23(28-22)34-17-18-9-4-3-5-10-18/h3-7,9-12,15,32H,8,13-14,16-17H2,1-2H3. The number of nitrogens with zero attached hydrogens (tertiary/aromatic N) is 4. The minimum atomic E-state index is -1.23. The van der Waals surface area contributed by atoms with E-state index in [4.69, 9.17) is 21.3 Å². The van der Waals surface area contributed by atoms with E-state index in [2.05, 4.69) is 17.1 Å². The molecule has 3 aromatic rings. The van der Waals surface area contributed by atoms with E-state index in [1.807, 2.05) is 36.4 Å². The summed E-state index contributed by atoms with van der Waals surface area (Å²) in [5.74, 6) is 0.109. The smallest absolute Gasteiger partial charge is 0.330 e. The molecule has 2 heterocycles. The molecule has 0 radical (unpaired) electrons. The summed E-state index contributed by atoms with van der Waals surface area (Å²) in [5, 5.41) is 10.9. The molecule has 1 aliphatic heterocycles. The number of para-hydroxylation sites is 1. The Morgan fingerprint density at radius 3 is 2.62 bits per heavy atom. The van der Waals surface area contributed by atoms with Gasteiger partial charge in [-0.3, -0.25) is 9.80 Å². The van der Waals surface area contributed by atoms with Crippen LogP contribution in [0.4, 0.5) is 16.3 Å². The molecule has 34 heavy (non-hydrogen) atoms.